The van der Waals surface area contributed by atoms with Gasteiger partial charge in [0.15, 0.2) is 7.60 Å². The Morgan fingerprint density at radius 2 is 1.75 bits per heavy atom. The van der Waals surface area contributed by atoms with E-state index in [-0.39, 0.29) is 18.9 Å². The first-order valence-electron chi connectivity index (χ1n) is 3.21. The van der Waals surface area contributed by atoms with Crippen molar-refractivity contribution in [3.8, 4) is 0 Å². The maximum Gasteiger partial charge on any atom is 1.00 e. The average Bonchev–Trinajstić information content (AvgIpc) is 1.96. The summed E-state index contributed by atoms with van der Waals surface area (Å²) in [5.74, 6) is -3.52. The average molecular weight is 278 g/mol. The van der Waals surface area contributed by atoms with Gasteiger partial charge in [0.1, 0.15) is 0 Å². The quantitative estimate of drug-likeness (QED) is 0.310. The van der Waals surface area contributed by atoms with Crippen LogP contribution in [-0.4, -0.2) is 33.8 Å². The van der Waals surface area contributed by atoms with E-state index < -0.39 is 29.7 Å². The van der Waals surface area contributed by atoms with Crippen LogP contribution in [0.1, 0.15) is 0 Å². The van der Waals surface area contributed by atoms with Crippen LogP contribution in [0.2, 0.25) is 0 Å². The smallest absolute Gasteiger partial charge is 0.776 e. The molecule has 0 aromatic heterocycles. The van der Waals surface area contributed by atoms with Gasteiger partial charge in [0.05, 0.1) is 6.26 Å². The summed E-state index contributed by atoms with van der Waals surface area (Å²) in [5, 5.41) is 0. The predicted octanol–water partition coefficient (Wildman–Crippen LogP) is -2.95. The molecule has 0 bridgehead atoms. The third-order valence-corrected chi connectivity index (χ3v) is 3.25. The van der Waals surface area contributed by atoms with Crippen LogP contribution in [0.5, 0.6) is 0 Å². The van der Waals surface area contributed by atoms with Crippen molar-refractivity contribution in [1.29, 1.82) is 0 Å². The molecule has 0 fully saturated rings. The molecule has 0 rings (SSSR count). The fraction of sp³-hybridized carbons (Fsp3) is 1.00. The summed E-state index contributed by atoms with van der Waals surface area (Å²) in [5.41, 5.74) is 0. The molecule has 0 aromatic carbocycles. The van der Waals surface area contributed by atoms with E-state index in [1.807, 2.05) is 0 Å². The molecule has 0 aliphatic rings. The molecule has 0 N–H and O–H groups in total. The molecule has 0 saturated carbocycles. The minimum atomic E-state index is -5.48. The number of hydrogen-bond donors (Lipinski definition) is 0. The molecule has 0 saturated heterocycles. The number of rotatable bonds is 4. The first kappa shape index (κ1) is 18.8. The van der Waals surface area contributed by atoms with Gasteiger partial charge in [-0.3, -0.25) is 0 Å². The molecular formula is C4H7F3LiO6PS. The van der Waals surface area contributed by atoms with Crippen LogP contribution in [-0.2, 0) is 23.4 Å². The molecule has 0 spiro atoms. The molecule has 2 atom stereocenters. The standard InChI is InChI=1S/C4H8F3O6PS.Li/c1-12-14(8,9)3(4(5,6)7)13-15(2,10)11;/h3H,1-2H3,(H,8,9);/q;+1/p-1. The van der Waals surface area contributed by atoms with Crippen molar-refractivity contribution in [3.05, 3.63) is 0 Å². The van der Waals surface area contributed by atoms with E-state index in [2.05, 4.69) is 8.71 Å². The summed E-state index contributed by atoms with van der Waals surface area (Å²) >= 11 is 0. The van der Waals surface area contributed by atoms with E-state index in [0.29, 0.717) is 13.4 Å². The van der Waals surface area contributed by atoms with Gasteiger partial charge >= 0.3 is 25.0 Å². The minimum absolute atomic E-state index is 0. The number of alkyl halides is 3. The van der Waals surface area contributed by atoms with Gasteiger partial charge in [0.2, 0.25) is 5.85 Å². The van der Waals surface area contributed by atoms with Gasteiger partial charge in [-0.2, -0.15) is 21.6 Å². The molecule has 0 aliphatic heterocycles. The summed E-state index contributed by atoms with van der Waals surface area (Å²) in [6.07, 6.45) is -5.10. The van der Waals surface area contributed by atoms with Crippen LogP contribution in [0.3, 0.4) is 0 Å². The summed E-state index contributed by atoms with van der Waals surface area (Å²) in [6.45, 7) is 0. The van der Waals surface area contributed by atoms with Crippen LogP contribution in [0.25, 0.3) is 0 Å². The number of halogens is 3. The van der Waals surface area contributed by atoms with Gasteiger partial charge in [-0.25, -0.2) is 4.18 Å². The van der Waals surface area contributed by atoms with Crippen molar-refractivity contribution in [3.63, 3.8) is 0 Å². The summed E-state index contributed by atoms with van der Waals surface area (Å²) in [4.78, 5) is 10.7. The molecule has 12 heteroatoms. The largest absolute Gasteiger partial charge is 1.00 e. The van der Waals surface area contributed by atoms with Crippen molar-refractivity contribution < 1.29 is 58.6 Å². The maximum absolute atomic E-state index is 12.1. The normalized spacial score (nSPS) is 18.4. The SMILES string of the molecule is COP(=O)([O-])C(OS(C)(=O)=O)C(F)(F)F.[Li+]. The zero-order chi connectivity index (χ0) is 12.5. The van der Waals surface area contributed by atoms with Crippen LogP contribution in [0.15, 0.2) is 0 Å². The molecule has 0 aromatic rings. The second kappa shape index (κ2) is 5.86. The minimum Gasteiger partial charge on any atom is -0.776 e. The molecule has 0 heterocycles. The summed E-state index contributed by atoms with van der Waals surface area (Å²) in [6, 6.07) is 0. The zero-order valence-electron chi connectivity index (χ0n) is 8.52. The van der Waals surface area contributed by atoms with Gasteiger partial charge < -0.3 is 14.0 Å². The zero-order valence-corrected chi connectivity index (χ0v) is 10.2. The van der Waals surface area contributed by atoms with Crippen LogP contribution < -0.4 is 23.8 Å². The van der Waals surface area contributed by atoms with Crippen LogP contribution >= 0.6 is 7.60 Å². The fourth-order valence-electron chi connectivity index (χ4n) is 0.548. The molecule has 2 unspecified atom stereocenters. The van der Waals surface area contributed by atoms with Crippen molar-refractivity contribution in [2.45, 2.75) is 12.0 Å². The first-order valence-corrected chi connectivity index (χ1v) is 6.64. The molecular weight excluding hydrogens is 271 g/mol. The van der Waals surface area contributed by atoms with E-state index >= 15 is 0 Å². The predicted molar refractivity (Wildman–Crippen MR) is 40.4 cm³/mol. The van der Waals surface area contributed by atoms with Crippen molar-refractivity contribution in [1.82, 2.24) is 0 Å². The van der Waals surface area contributed by atoms with E-state index in [4.69, 9.17) is 0 Å². The Morgan fingerprint density at radius 3 is 1.94 bits per heavy atom. The Labute approximate surface area is 102 Å². The second-order valence-electron chi connectivity index (χ2n) is 2.42. The fourth-order valence-corrected chi connectivity index (χ4v) is 2.43. The van der Waals surface area contributed by atoms with E-state index in [9.17, 15) is 31.0 Å². The maximum atomic E-state index is 12.1. The molecule has 0 aliphatic carbocycles. The number of hydrogen-bond acceptors (Lipinski definition) is 6. The van der Waals surface area contributed by atoms with Gasteiger partial charge in [-0.15, -0.1) is 0 Å². The van der Waals surface area contributed by atoms with Crippen molar-refractivity contribution >= 4 is 17.7 Å². The molecule has 0 amide bonds. The topological polar surface area (TPSA) is 92.7 Å². The van der Waals surface area contributed by atoms with Crippen molar-refractivity contribution in [2.75, 3.05) is 13.4 Å². The Morgan fingerprint density at radius 1 is 1.38 bits per heavy atom. The molecule has 92 valence electrons. The van der Waals surface area contributed by atoms with Crippen LogP contribution in [0.4, 0.5) is 13.2 Å². The van der Waals surface area contributed by atoms with Crippen molar-refractivity contribution in [2.24, 2.45) is 0 Å². The molecule has 16 heavy (non-hydrogen) atoms. The monoisotopic (exact) mass is 278 g/mol. The van der Waals surface area contributed by atoms with Crippen LogP contribution in [0, 0.1) is 0 Å². The second-order valence-corrected chi connectivity index (χ2v) is 5.93. The van der Waals surface area contributed by atoms with E-state index in [0.717, 1.165) is 0 Å². The first-order chi connectivity index (χ1) is 6.40. The van der Waals surface area contributed by atoms with Gasteiger partial charge in [0.25, 0.3) is 10.1 Å². The Balaban J connectivity index is 0. The molecule has 6 nitrogen and oxygen atoms in total. The Hall–Kier alpha value is 0.447. The van der Waals surface area contributed by atoms with E-state index in [1.165, 1.54) is 0 Å². The summed E-state index contributed by atoms with van der Waals surface area (Å²) in [7, 11) is -9.58. The summed E-state index contributed by atoms with van der Waals surface area (Å²) < 4.78 is 74.8. The Bertz CT molecular complexity index is 366. The Kier molecular flexibility index (Phi) is 6.89. The van der Waals surface area contributed by atoms with Gasteiger partial charge in [0, 0.05) is 7.11 Å². The van der Waals surface area contributed by atoms with Gasteiger partial charge in [-0.05, 0) is 0 Å². The van der Waals surface area contributed by atoms with Gasteiger partial charge in [-0.1, -0.05) is 0 Å². The third-order valence-electron chi connectivity index (χ3n) is 1.09. The molecule has 0 radical (unpaired) electrons. The third kappa shape index (κ3) is 6.25. The van der Waals surface area contributed by atoms with E-state index in [1.54, 1.807) is 0 Å².